The van der Waals surface area contributed by atoms with Crippen LogP contribution in [0.5, 0.6) is 0 Å². The Morgan fingerprint density at radius 2 is 0.746 bits per heavy atom. The average molecular weight is 817 g/mol. The lowest BCUT2D eigenvalue weighted by Crippen LogP contribution is -2.57. The van der Waals surface area contributed by atoms with Gasteiger partial charge in [-0.2, -0.15) is 0 Å². The van der Waals surface area contributed by atoms with Crippen LogP contribution in [0.1, 0.15) is 0 Å². The summed E-state index contributed by atoms with van der Waals surface area (Å²) in [6.45, 7) is 0. The summed E-state index contributed by atoms with van der Waals surface area (Å²) >= 11 is 0. The number of fused-ring (bicyclic) bond motifs is 5. The van der Waals surface area contributed by atoms with Crippen LogP contribution in [0.25, 0.3) is 77.2 Å². The van der Waals surface area contributed by atoms with Crippen LogP contribution in [0.2, 0.25) is 0 Å². The van der Waals surface area contributed by atoms with E-state index in [1.165, 1.54) is 0 Å². The van der Waals surface area contributed by atoms with E-state index in [9.17, 15) is 0 Å². The number of benzene rings is 9. The summed E-state index contributed by atoms with van der Waals surface area (Å²) in [6, 6.07) is 44.3. The van der Waals surface area contributed by atoms with Crippen LogP contribution >= 0.6 is 0 Å². The van der Waals surface area contributed by atoms with Gasteiger partial charge in [-0.15, -0.1) is 16.4 Å². The molecule has 0 spiro atoms. The maximum atomic E-state index is 7.30. The van der Waals surface area contributed by atoms with Crippen LogP contribution in [0.15, 0.2) is 138 Å². The van der Waals surface area contributed by atoms with Crippen LogP contribution < -0.4 is 75.9 Å². The molecule has 1 aromatic heterocycles. The van der Waals surface area contributed by atoms with E-state index < -0.39 is 0 Å². The van der Waals surface area contributed by atoms with Crippen LogP contribution in [-0.4, -0.2) is 102 Å². The molecule has 0 saturated heterocycles. The van der Waals surface area contributed by atoms with E-state index in [0.29, 0.717) is 11.4 Å². The summed E-state index contributed by atoms with van der Waals surface area (Å²) in [4.78, 5) is 1.98. The molecule has 26 radical (unpaired) electrons. The van der Waals surface area contributed by atoms with Crippen molar-refractivity contribution in [3.63, 3.8) is 0 Å². The lowest BCUT2D eigenvalue weighted by molar-refractivity contribution is 0.673. The molecule has 10 rings (SSSR count). The largest absolute Gasteiger partial charge is 0.455 e. The van der Waals surface area contributed by atoms with Crippen LogP contribution in [0.4, 0.5) is 17.1 Å². The van der Waals surface area contributed by atoms with Crippen molar-refractivity contribution in [2.75, 3.05) is 4.90 Å². The van der Waals surface area contributed by atoms with Gasteiger partial charge in [0.1, 0.15) is 113 Å². The Morgan fingerprint density at radius 1 is 0.313 bits per heavy atom. The number of hydrogen-bond donors (Lipinski definition) is 0. The molecule has 0 amide bonds. The molecule has 10 aromatic rings. The Bertz CT molecular complexity index is 3610. The van der Waals surface area contributed by atoms with E-state index in [0.717, 1.165) is 60.7 Å². The highest BCUT2D eigenvalue weighted by Crippen LogP contribution is 2.46. The summed E-state index contributed by atoms with van der Waals surface area (Å²) in [5.41, 5.74) is 6.95. The fourth-order valence-corrected chi connectivity index (χ4v) is 9.39. The molecule has 1 heterocycles. The quantitative estimate of drug-likeness (QED) is 0.196. The first-order valence-corrected chi connectivity index (χ1v) is 21.1. The molecule has 15 heteroatoms. The molecule has 0 fully saturated rings. The van der Waals surface area contributed by atoms with Crippen LogP contribution in [0.3, 0.4) is 0 Å². The van der Waals surface area contributed by atoms with Gasteiger partial charge in [-0.3, -0.25) is 0 Å². The lowest BCUT2D eigenvalue weighted by atomic mass is 9.55. The van der Waals surface area contributed by atoms with Gasteiger partial charge in [0.25, 0.3) is 0 Å². The van der Waals surface area contributed by atoms with Crippen molar-refractivity contribution in [3.05, 3.63) is 133 Å². The van der Waals surface area contributed by atoms with Gasteiger partial charge >= 0.3 is 0 Å². The third kappa shape index (κ3) is 6.90. The molecule has 0 saturated carbocycles. The minimum Gasteiger partial charge on any atom is -0.455 e. The minimum absolute atomic E-state index is 0.00105. The second-order valence-corrected chi connectivity index (χ2v) is 16.4. The van der Waals surface area contributed by atoms with Crippen molar-refractivity contribution in [3.8, 4) is 44.5 Å². The monoisotopic (exact) mass is 819 g/mol. The topological polar surface area (TPSA) is 16.4 Å². The maximum absolute atomic E-state index is 7.30. The highest BCUT2D eigenvalue weighted by Gasteiger charge is 2.28. The molecule has 67 heavy (non-hydrogen) atoms. The standard InChI is InChI=1S/C52H22B13NO/c53-38-34(36-42(57)46(61)48(63)47(62)43(36)58)39(54)41(56)35(40(38)55)37-44(59)49(64)51(50(65)45(37)60)66(30-18-8-6-14-25(30)23-11-2-1-3-12-23)31-19-9-7-16-27(31)28-17-10-20-32-33(28)29-22-21-24-13-4-5-15-26(24)52(29)67-32/h1-22H. The number of hydrogen-bond acceptors (Lipinski definition) is 2. The smallest absolute Gasteiger partial charge is 0.143 e. The van der Waals surface area contributed by atoms with Crippen LogP contribution in [0, 0.1) is 0 Å². The maximum Gasteiger partial charge on any atom is 0.143 e. The Hall–Kier alpha value is -6.32. The highest BCUT2D eigenvalue weighted by atomic mass is 16.3. The second kappa shape index (κ2) is 17.1. The van der Waals surface area contributed by atoms with Crippen molar-refractivity contribution in [2.45, 2.75) is 0 Å². The van der Waals surface area contributed by atoms with Crippen molar-refractivity contribution < 1.29 is 4.42 Å². The first-order valence-electron chi connectivity index (χ1n) is 21.1. The zero-order chi connectivity index (χ0) is 47.2. The molecular weight excluding hydrogens is 795 g/mol. The van der Waals surface area contributed by atoms with Gasteiger partial charge in [0.15, 0.2) is 0 Å². The number of anilines is 3. The number of furan rings is 1. The molecule has 0 aliphatic heterocycles. The summed E-state index contributed by atoms with van der Waals surface area (Å²) in [6.07, 6.45) is 0. The number of rotatable bonds is 7. The molecular formula is C52H22B13NO. The fraction of sp³-hybridized carbons (Fsp3) is 0. The van der Waals surface area contributed by atoms with Gasteiger partial charge in [0.05, 0.1) is 11.4 Å². The summed E-state index contributed by atoms with van der Waals surface area (Å²) < 4.78 is 6.64. The molecule has 2 nitrogen and oxygen atoms in total. The normalized spacial score (nSPS) is 11.5. The fourth-order valence-electron chi connectivity index (χ4n) is 9.39. The third-order valence-corrected chi connectivity index (χ3v) is 12.8. The predicted molar refractivity (Wildman–Crippen MR) is 298 cm³/mol. The predicted octanol–water partition coefficient (Wildman–Crippen LogP) is -0.804. The minimum atomic E-state index is -0.0655. The van der Waals surface area contributed by atoms with Gasteiger partial charge in [-0.25, -0.2) is 0 Å². The summed E-state index contributed by atoms with van der Waals surface area (Å²) in [5, 5.41) is 3.97. The van der Waals surface area contributed by atoms with E-state index in [1.54, 1.807) is 0 Å². The van der Waals surface area contributed by atoms with E-state index >= 15 is 0 Å². The van der Waals surface area contributed by atoms with E-state index in [2.05, 4.69) is 30.3 Å². The summed E-state index contributed by atoms with van der Waals surface area (Å²) in [7, 11) is 87.7. The van der Waals surface area contributed by atoms with Crippen molar-refractivity contribution in [1.29, 1.82) is 0 Å². The molecule has 0 bridgehead atoms. The van der Waals surface area contributed by atoms with Gasteiger partial charge in [-0.05, 0) is 63.0 Å². The van der Waals surface area contributed by atoms with E-state index in [1.807, 2.05) is 108 Å². The molecule has 0 atom stereocenters. The van der Waals surface area contributed by atoms with Gasteiger partial charge in [-0.1, -0.05) is 164 Å². The number of nitrogens with zero attached hydrogens (tertiary/aromatic N) is 1. The highest BCUT2D eigenvalue weighted by molar-refractivity contribution is 6.72. The van der Waals surface area contributed by atoms with Gasteiger partial charge in [0, 0.05) is 33.0 Å². The molecule has 0 unspecified atom stereocenters. The lowest BCUT2D eigenvalue weighted by Gasteiger charge is -2.36. The molecule has 0 aliphatic rings. The first-order chi connectivity index (χ1) is 32.2. The zero-order valence-electron chi connectivity index (χ0n) is 36.1. The Kier molecular flexibility index (Phi) is 11.4. The van der Waals surface area contributed by atoms with Gasteiger partial charge < -0.3 is 9.32 Å². The zero-order valence-corrected chi connectivity index (χ0v) is 36.1. The second-order valence-electron chi connectivity index (χ2n) is 16.4. The Labute approximate surface area is 407 Å². The van der Waals surface area contributed by atoms with Crippen molar-refractivity contribution in [1.82, 2.24) is 0 Å². The van der Waals surface area contributed by atoms with Crippen LogP contribution in [-0.2, 0) is 0 Å². The molecule has 0 N–H and O–H groups in total. The molecule has 280 valence electrons. The Morgan fingerprint density at radius 3 is 1.33 bits per heavy atom. The first kappa shape index (κ1) is 44.5. The third-order valence-electron chi connectivity index (χ3n) is 12.8. The van der Waals surface area contributed by atoms with Gasteiger partial charge in [0.2, 0.25) is 0 Å². The number of para-hydroxylation sites is 2. The SMILES string of the molecule is [B]c1c([B])c([B])c(-c2c([B])c([B])c(-c3c([B])c([B])c(N(c4ccccc4-c4ccccc4)c4ccccc4-c4cccc5oc6c7ccccc7ccc6c45)c([B])c3[B])c([B])c2[B])c([B])c1[B]. The van der Waals surface area contributed by atoms with Crippen molar-refractivity contribution >= 4 is 223 Å². The Balaban J connectivity index is 1.25. The molecule has 0 aliphatic carbocycles. The average Bonchev–Trinajstić information content (AvgIpc) is 3.75. The summed E-state index contributed by atoms with van der Waals surface area (Å²) in [5.74, 6) is 0. The van der Waals surface area contributed by atoms with E-state index in [4.69, 9.17) is 106 Å². The van der Waals surface area contributed by atoms with Crippen molar-refractivity contribution in [2.24, 2.45) is 0 Å². The van der Waals surface area contributed by atoms with E-state index in [-0.39, 0.29) is 93.3 Å². The molecule has 9 aromatic carbocycles.